The predicted molar refractivity (Wildman–Crippen MR) is 75.6 cm³/mol. The fourth-order valence-electron chi connectivity index (χ4n) is 2.20. The third-order valence-corrected chi connectivity index (χ3v) is 3.30. The molecule has 0 aromatic carbocycles. The number of alkyl halides is 3. The van der Waals surface area contributed by atoms with Gasteiger partial charge in [0.15, 0.2) is 0 Å². The zero-order valence-electron chi connectivity index (χ0n) is 13.1. The molecule has 1 heterocycles. The number of amides is 1. The van der Waals surface area contributed by atoms with Crippen LogP contribution in [-0.4, -0.2) is 38.8 Å². The van der Waals surface area contributed by atoms with Gasteiger partial charge < -0.3 is 15.0 Å². The van der Waals surface area contributed by atoms with Crippen LogP contribution in [0, 0.1) is 5.92 Å². The number of hydrogen-bond donors (Lipinski definition) is 2. The van der Waals surface area contributed by atoms with Crippen LogP contribution in [-0.2, 0) is 16.6 Å². The average Bonchev–Trinajstić information content (AvgIpc) is 2.79. The van der Waals surface area contributed by atoms with Gasteiger partial charge in [-0.2, -0.15) is 13.2 Å². The fourth-order valence-corrected chi connectivity index (χ4v) is 2.20. The standard InChI is InChI=1S/C14H20F3N3O3/c1-8(2)6-10(13(22)23)19-11(21)7-9(14(15,16)17)12-18-4-5-20(12)3/h4-5,8-10H,6-7H2,1-3H3,(H,19,21)(H,22,23)/t9-,10-/m0/s1. The van der Waals surface area contributed by atoms with Crippen LogP contribution in [0.2, 0.25) is 0 Å². The Morgan fingerprint density at radius 2 is 2.00 bits per heavy atom. The zero-order chi connectivity index (χ0) is 17.8. The van der Waals surface area contributed by atoms with Crippen LogP contribution in [0.4, 0.5) is 13.2 Å². The number of carboxylic acids is 1. The normalized spacial score (nSPS) is 14.6. The van der Waals surface area contributed by atoms with Crippen LogP contribution in [0.5, 0.6) is 0 Å². The van der Waals surface area contributed by atoms with E-state index in [4.69, 9.17) is 5.11 Å². The number of aromatic nitrogens is 2. The highest BCUT2D eigenvalue weighted by molar-refractivity contribution is 5.83. The lowest BCUT2D eigenvalue weighted by Crippen LogP contribution is -2.43. The second-order valence-corrected chi connectivity index (χ2v) is 5.78. The van der Waals surface area contributed by atoms with E-state index in [2.05, 4.69) is 10.3 Å². The molecule has 2 atom stereocenters. The Labute approximate surface area is 131 Å². The molecule has 0 unspecified atom stereocenters. The lowest BCUT2D eigenvalue weighted by molar-refractivity contribution is -0.159. The number of nitrogens with zero attached hydrogens (tertiary/aromatic N) is 2. The third kappa shape index (κ3) is 5.57. The molecule has 0 radical (unpaired) electrons. The van der Waals surface area contributed by atoms with Crippen molar-refractivity contribution in [2.75, 3.05) is 0 Å². The first-order valence-electron chi connectivity index (χ1n) is 7.08. The third-order valence-electron chi connectivity index (χ3n) is 3.30. The number of nitrogens with one attached hydrogen (secondary N) is 1. The van der Waals surface area contributed by atoms with Crippen LogP contribution >= 0.6 is 0 Å². The van der Waals surface area contributed by atoms with Gasteiger partial charge in [-0.25, -0.2) is 9.78 Å². The number of carbonyl (C=O) groups is 2. The lowest BCUT2D eigenvalue weighted by atomic mass is 10.0. The number of imidazole rings is 1. The fraction of sp³-hybridized carbons (Fsp3) is 0.643. The van der Waals surface area contributed by atoms with Crippen LogP contribution in [0.25, 0.3) is 0 Å². The molecular formula is C14H20F3N3O3. The maximum atomic E-state index is 13.2. The van der Waals surface area contributed by atoms with Gasteiger partial charge in [0, 0.05) is 25.9 Å². The van der Waals surface area contributed by atoms with Crippen molar-refractivity contribution in [3.63, 3.8) is 0 Å². The molecule has 6 nitrogen and oxygen atoms in total. The summed E-state index contributed by atoms with van der Waals surface area (Å²) in [6.07, 6.45) is -2.86. The summed E-state index contributed by atoms with van der Waals surface area (Å²) < 4.78 is 40.7. The van der Waals surface area contributed by atoms with Gasteiger partial charge in [0.2, 0.25) is 5.91 Å². The highest BCUT2D eigenvalue weighted by atomic mass is 19.4. The SMILES string of the molecule is CC(C)C[C@H](NC(=O)C[C@@H](c1nccn1C)C(F)(F)F)C(=O)O. The summed E-state index contributed by atoms with van der Waals surface area (Å²) in [7, 11) is 1.40. The minimum atomic E-state index is -4.66. The molecule has 0 saturated carbocycles. The van der Waals surface area contributed by atoms with E-state index in [0.717, 1.165) is 0 Å². The van der Waals surface area contributed by atoms with Crippen molar-refractivity contribution in [1.82, 2.24) is 14.9 Å². The molecule has 0 bridgehead atoms. The molecule has 1 rings (SSSR count). The molecule has 130 valence electrons. The predicted octanol–water partition coefficient (Wildman–Crippen LogP) is 2.07. The number of carbonyl (C=O) groups excluding carboxylic acids is 1. The maximum absolute atomic E-state index is 13.2. The van der Waals surface area contributed by atoms with Crippen LogP contribution in [0.1, 0.15) is 38.4 Å². The molecule has 1 aromatic heterocycles. The Hall–Kier alpha value is -2.06. The summed E-state index contributed by atoms with van der Waals surface area (Å²) in [5.41, 5.74) is 0. The number of halogens is 3. The van der Waals surface area contributed by atoms with Crippen molar-refractivity contribution in [3.05, 3.63) is 18.2 Å². The first-order chi connectivity index (χ1) is 10.5. The van der Waals surface area contributed by atoms with Gasteiger partial charge in [0.05, 0.1) is 0 Å². The smallest absolute Gasteiger partial charge is 0.399 e. The van der Waals surface area contributed by atoms with Crippen LogP contribution in [0.15, 0.2) is 12.4 Å². The molecule has 0 saturated heterocycles. The number of aliphatic carboxylic acids is 1. The van der Waals surface area contributed by atoms with Gasteiger partial charge in [-0.15, -0.1) is 0 Å². The first kappa shape index (κ1) is 19.0. The topological polar surface area (TPSA) is 84.2 Å². The first-order valence-corrected chi connectivity index (χ1v) is 7.08. The van der Waals surface area contributed by atoms with Gasteiger partial charge in [0.25, 0.3) is 0 Å². The maximum Gasteiger partial charge on any atom is 0.399 e. The Morgan fingerprint density at radius 1 is 1.39 bits per heavy atom. The molecule has 0 spiro atoms. The Bertz CT molecular complexity index is 555. The van der Waals surface area contributed by atoms with Gasteiger partial charge in [-0.1, -0.05) is 13.8 Å². The average molecular weight is 335 g/mol. The van der Waals surface area contributed by atoms with Gasteiger partial charge in [0.1, 0.15) is 17.8 Å². The minimum absolute atomic E-state index is 0.0237. The molecule has 0 aliphatic carbocycles. The molecule has 9 heteroatoms. The summed E-state index contributed by atoms with van der Waals surface area (Å²) in [5, 5.41) is 11.2. The van der Waals surface area contributed by atoms with Crippen molar-refractivity contribution in [3.8, 4) is 0 Å². The number of hydrogen-bond acceptors (Lipinski definition) is 3. The van der Waals surface area contributed by atoms with Crippen LogP contribution < -0.4 is 5.32 Å². The van der Waals surface area contributed by atoms with Crippen molar-refractivity contribution < 1.29 is 27.9 Å². The number of aryl methyl sites for hydroxylation is 1. The summed E-state index contributed by atoms with van der Waals surface area (Å²) in [5.74, 6) is -4.64. The van der Waals surface area contributed by atoms with Crippen molar-refractivity contribution in [1.29, 1.82) is 0 Å². The van der Waals surface area contributed by atoms with Crippen molar-refractivity contribution in [2.45, 2.75) is 44.8 Å². The zero-order valence-corrected chi connectivity index (χ0v) is 13.1. The highest BCUT2D eigenvalue weighted by Gasteiger charge is 2.44. The molecule has 1 aromatic rings. The van der Waals surface area contributed by atoms with E-state index in [9.17, 15) is 22.8 Å². The second kappa shape index (κ2) is 7.47. The van der Waals surface area contributed by atoms with E-state index in [1.165, 1.54) is 24.0 Å². The van der Waals surface area contributed by atoms with Crippen molar-refractivity contribution in [2.24, 2.45) is 13.0 Å². The molecule has 23 heavy (non-hydrogen) atoms. The molecule has 0 aliphatic heterocycles. The van der Waals surface area contributed by atoms with E-state index in [1.54, 1.807) is 13.8 Å². The molecule has 0 fully saturated rings. The van der Waals surface area contributed by atoms with Gasteiger partial charge in [-0.05, 0) is 12.3 Å². The number of carboxylic acid groups (broad SMARTS) is 1. The Balaban J connectivity index is 2.86. The Kier molecular flexibility index (Phi) is 6.17. The summed E-state index contributed by atoms with van der Waals surface area (Å²) in [6.45, 7) is 3.52. The van der Waals surface area contributed by atoms with E-state index in [-0.39, 0.29) is 18.2 Å². The van der Waals surface area contributed by atoms with E-state index >= 15 is 0 Å². The molecule has 1 amide bonds. The lowest BCUT2D eigenvalue weighted by Gasteiger charge is -2.21. The summed E-state index contributed by atoms with van der Waals surface area (Å²) in [4.78, 5) is 26.6. The largest absolute Gasteiger partial charge is 0.480 e. The van der Waals surface area contributed by atoms with E-state index in [0.29, 0.717) is 0 Å². The van der Waals surface area contributed by atoms with E-state index < -0.39 is 36.4 Å². The molecule has 2 N–H and O–H groups in total. The monoisotopic (exact) mass is 335 g/mol. The number of rotatable bonds is 7. The quantitative estimate of drug-likeness (QED) is 0.799. The summed E-state index contributed by atoms with van der Waals surface area (Å²) >= 11 is 0. The summed E-state index contributed by atoms with van der Waals surface area (Å²) in [6, 6.07) is -1.21. The van der Waals surface area contributed by atoms with Gasteiger partial charge >= 0.3 is 12.1 Å². The van der Waals surface area contributed by atoms with Crippen molar-refractivity contribution >= 4 is 11.9 Å². The Morgan fingerprint density at radius 3 is 2.39 bits per heavy atom. The molecule has 0 aliphatic rings. The van der Waals surface area contributed by atoms with E-state index in [1.807, 2.05) is 0 Å². The highest BCUT2D eigenvalue weighted by Crippen LogP contribution is 2.36. The van der Waals surface area contributed by atoms with Gasteiger partial charge in [-0.3, -0.25) is 4.79 Å². The molecular weight excluding hydrogens is 315 g/mol. The van der Waals surface area contributed by atoms with Crippen LogP contribution in [0.3, 0.4) is 0 Å². The minimum Gasteiger partial charge on any atom is -0.480 e. The second-order valence-electron chi connectivity index (χ2n) is 5.78.